The van der Waals surface area contributed by atoms with Crippen LogP contribution in [0.15, 0.2) is 12.1 Å². The lowest BCUT2D eigenvalue weighted by atomic mass is 9.76. The van der Waals surface area contributed by atoms with Crippen LogP contribution in [-0.2, 0) is 28.5 Å². The molecule has 1 amide bonds. The van der Waals surface area contributed by atoms with E-state index in [9.17, 15) is 22.8 Å². The number of fused-ring (bicyclic) bond motifs is 1. The number of alkyl halides is 3. The van der Waals surface area contributed by atoms with Crippen LogP contribution in [0.4, 0.5) is 23.2 Å². The summed E-state index contributed by atoms with van der Waals surface area (Å²) in [5, 5.41) is 6.88. The van der Waals surface area contributed by atoms with Crippen molar-refractivity contribution in [3.05, 3.63) is 40.5 Å². The largest absolute Gasteiger partial charge is 0.459 e. The zero-order chi connectivity index (χ0) is 26.4. The number of amides is 1. The van der Waals surface area contributed by atoms with Gasteiger partial charge in [0.2, 0.25) is 0 Å². The highest BCUT2D eigenvalue weighted by Crippen LogP contribution is 2.42. The van der Waals surface area contributed by atoms with Crippen LogP contribution in [-0.4, -0.2) is 40.3 Å². The van der Waals surface area contributed by atoms with Gasteiger partial charge in [0.25, 0.3) is 5.91 Å². The standard InChI is InChI=1S/C24H29F4N5O3/c1-23(2)7-6-13-17(10-23)33(32-21(13)24(26,27)28)12-8-14(25)20(22(30)35)16(9-12)31-15-4-3-5-18(15)36-19(34)11-29/h8-9,15,18,31H,3-7,10-11,29H2,1-2H3,(H2,30,35)/t15-,18-/m0/s1. The van der Waals surface area contributed by atoms with Crippen LogP contribution < -0.4 is 16.8 Å². The number of aromatic nitrogens is 2. The van der Waals surface area contributed by atoms with Crippen LogP contribution in [0.3, 0.4) is 0 Å². The maximum Gasteiger partial charge on any atom is 0.435 e. The number of esters is 1. The van der Waals surface area contributed by atoms with Gasteiger partial charge in [-0.1, -0.05) is 13.8 Å². The smallest absolute Gasteiger partial charge is 0.435 e. The fourth-order valence-corrected chi connectivity index (χ4v) is 5.10. The summed E-state index contributed by atoms with van der Waals surface area (Å²) in [5.41, 5.74) is 9.52. The van der Waals surface area contributed by atoms with Crippen molar-refractivity contribution in [2.45, 2.75) is 70.7 Å². The quantitative estimate of drug-likeness (QED) is 0.403. The fourth-order valence-electron chi connectivity index (χ4n) is 5.10. The van der Waals surface area contributed by atoms with Crippen molar-refractivity contribution in [2.75, 3.05) is 11.9 Å². The summed E-state index contributed by atoms with van der Waals surface area (Å²) in [5.74, 6) is -2.65. The zero-order valence-electron chi connectivity index (χ0n) is 20.0. The Bertz CT molecular complexity index is 1190. The number of nitrogens with two attached hydrogens (primary N) is 2. The number of nitrogens with zero attached hydrogens (tertiary/aromatic N) is 2. The van der Waals surface area contributed by atoms with Gasteiger partial charge in [-0.2, -0.15) is 18.3 Å². The summed E-state index contributed by atoms with van der Waals surface area (Å²) in [6, 6.07) is 1.85. The van der Waals surface area contributed by atoms with Gasteiger partial charge in [-0.15, -0.1) is 0 Å². The van der Waals surface area contributed by atoms with Gasteiger partial charge in [-0.25, -0.2) is 9.07 Å². The number of carbonyl (C=O) groups is 2. The van der Waals surface area contributed by atoms with Crippen molar-refractivity contribution >= 4 is 17.6 Å². The molecule has 1 heterocycles. The highest BCUT2D eigenvalue weighted by Gasteiger charge is 2.42. The van der Waals surface area contributed by atoms with E-state index >= 15 is 4.39 Å². The summed E-state index contributed by atoms with van der Waals surface area (Å²) in [7, 11) is 0. The van der Waals surface area contributed by atoms with Gasteiger partial charge >= 0.3 is 12.1 Å². The molecule has 0 saturated heterocycles. The van der Waals surface area contributed by atoms with Crippen LogP contribution in [0.25, 0.3) is 5.69 Å². The molecule has 2 aliphatic carbocycles. The Morgan fingerprint density at radius 3 is 2.64 bits per heavy atom. The lowest BCUT2D eigenvalue weighted by Crippen LogP contribution is -2.35. The molecule has 4 rings (SSSR count). The first-order valence-electron chi connectivity index (χ1n) is 11.8. The second-order valence-electron chi connectivity index (χ2n) is 10.2. The summed E-state index contributed by atoms with van der Waals surface area (Å²) in [6.07, 6.45) is -2.39. The molecular weight excluding hydrogens is 482 g/mol. The predicted molar refractivity (Wildman–Crippen MR) is 123 cm³/mol. The van der Waals surface area contributed by atoms with Gasteiger partial charge in [0.05, 0.1) is 29.5 Å². The second kappa shape index (κ2) is 9.38. The summed E-state index contributed by atoms with van der Waals surface area (Å²) in [4.78, 5) is 23.8. The molecule has 8 nitrogen and oxygen atoms in total. The molecule has 12 heteroatoms. The van der Waals surface area contributed by atoms with Crippen LogP contribution >= 0.6 is 0 Å². The molecule has 2 aromatic rings. The highest BCUT2D eigenvalue weighted by molar-refractivity contribution is 5.99. The molecule has 5 N–H and O–H groups in total. The summed E-state index contributed by atoms with van der Waals surface area (Å²) in [6.45, 7) is 3.60. The number of halogens is 4. The van der Waals surface area contributed by atoms with E-state index in [1.807, 2.05) is 13.8 Å². The van der Waals surface area contributed by atoms with E-state index in [4.69, 9.17) is 16.2 Å². The van der Waals surface area contributed by atoms with Gasteiger partial charge in [0, 0.05) is 17.3 Å². The Kier molecular flexibility index (Phi) is 6.76. The number of benzene rings is 1. The number of hydrogen-bond acceptors (Lipinski definition) is 6. The minimum Gasteiger partial charge on any atom is -0.459 e. The summed E-state index contributed by atoms with van der Waals surface area (Å²) >= 11 is 0. The van der Waals surface area contributed by atoms with Crippen molar-refractivity contribution in [3.63, 3.8) is 0 Å². The topological polar surface area (TPSA) is 125 Å². The van der Waals surface area contributed by atoms with Gasteiger partial charge in [0.15, 0.2) is 5.69 Å². The Hall–Kier alpha value is -3.15. The van der Waals surface area contributed by atoms with Gasteiger partial charge < -0.3 is 21.5 Å². The molecule has 2 aliphatic rings. The normalized spacial score (nSPS) is 21.2. The molecule has 1 aromatic carbocycles. The van der Waals surface area contributed by atoms with Crippen molar-refractivity contribution in [3.8, 4) is 5.69 Å². The van der Waals surface area contributed by atoms with E-state index in [1.54, 1.807) is 0 Å². The van der Waals surface area contributed by atoms with Gasteiger partial charge in [-0.05, 0) is 50.0 Å². The molecule has 0 bridgehead atoms. The Balaban J connectivity index is 1.80. The average Bonchev–Trinajstić information content (AvgIpc) is 3.36. The molecule has 1 fully saturated rings. The highest BCUT2D eigenvalue weighted by atomic mass is 19.4. The lowest BCUT2D eigenvalue weighted by molar-refractivity contribution is -0.147. The SMILES string of the molecule is CC1(C)CCc2c(C(F)(F)F)nn(-c3cc(F)c(C(N)=O)c(N[C@H]4CCC[C@@H]4OC(=O)CN)c3)c2C1. The predicted octanol–water partition coefficient (Wildman–Crippen LogP) is 3.48. The van der Waals surface area contributed by atoms with Crippen molar-refractivity contribution in [1.82, 2.24) is 9.78 Å². The Labute approximate surface area is 205 Å². The fraction of sp³-hybridized carbons (Fsp3) is 0.542. The monoisotopic (exact) mass is 511 g/mol. The zero-order valence-corrected chi connectivity index (χ0v) is 20.0. The molecule has 36 heavy (non-hydrogen) atoms. The van der Waals surface area contributed by atoms with Crippen LogP contribution in [0.1, 0.15) is 66.8 Å². The minimum absolute atomic E-state index is 0.00826. The molecule has 2 atom stereocenters. The third-order valence-corrected chi connectivity index (χ3v) is 6.87. The number of anilines is 1. The van der Waals surface area contributed by atoms with Crippen molar-refractivity contribution < 1.29 is 31.9 Å². The van der Waals surface area contributed by atoms with E-state index in [1.165, 1.54) is 6.07 Å². The van der Waals surface area contributed by atoms with E-state index < -0.39 is 47.3 Å². The number of ether oxygens (including phenoxy) is 1. The first-order chi connectivity index (χ1) is 16.8. The van der Waals surface area contributed by atoms with E-state index in [0.29, 0.717) is 37.8 Å². The number of nitrogens with one attached hydrogen (secondary N) is 1. The lowest BCUT2D eigenvalue weighted by Gasteiger charge is -2.30. The van der Waals surface area contributed by atoms with Crippen LogP contribution in [0.5, 0.6) is 0 Å². The first kappa shape index (κ1) is 25.9. The molecule has 0 radical (unpaired) electrons. The van der Waals surface area contributed by atoms with Gasteiger partial charge in [0.1, 0.15) is 11.9 Å². The maximum atomic E-state index is 15.2. The molecule has 1 saturated carbocycles. The number of rotatable bonds is 6. The molecule has 196 valence electrons. The summed E-state index contributed by atoms with van der Waals surface area (Å²) < 4.78 is 63.1. The molecule has 1 aromatic heterocycles. The third kappa shape index (κ3) is 5.04. The van der Waals surface area contributed by atoms with Crippen LogP contribution in [0, 0.1) is 11.2 Å². The third-order valence-electron chi connectivity index (χ3n) is 6.87. The van der Waals surface area contributed by atoms with Crippen LogP contribution in [0.2, 0.25) is 0 Å². The van der Waals surface area contributed by atoms with E-state index in [-0.39, 0.29) is 35.3 Å². The second-order valence-corrected chi connectivity index (χ2v) is 10.2. The molecule has 0 unspecified atom stereocenters. The Morgan fingerprint density at radius 1 is 1.28 bits per heavy atom. The first-order valence-corrected chi connectivity index (χ1v) is 11.8. The average molecular weight is 512 g/mol. The Morgan fingerprint density at radius 2 is 2.00 bits per heavy atom. The maximum absolute atomic E-state index is 15.2. The molecule has 0 aliphatic heterocycles. The number of carbonyl (C=O) groups excluding carboxylic acids is 2. The van der Waals surface area contributed by atoms with Gasteiger partial charge in [-0.3, -0.25) is 9.59 Å². The molecule has 0 spiro atoms. The minimum atomic E-state index is -4.67. The van der Waals surface area contributed by atoms with Crippen molar-refractivity contribution in [2.24, 2.45) is 16.9 Å². The van der Waals surface area contributed by atoms with E-state index in [0.717, 1.165) is 10.7 Å². The number of primary amides is 1. The van der Waals surface area contributed by atoms with Crippen molar-refractivity contribution in [1.29, 1.82) is 0 Å². The van der Waals surface area contributed by atoms with E-state index in [2.05, 4.69) is 10.4 Å². The number of hydrogen-bond donors (Lipinski definition) is 3. The molecular formula is C24H29F4N5O3.